The SMILES string of the molecule is COCC1(C#N)CCN(C(=O)c2ccc(F)cc2)C1=O. The summed E-state index contributed by atoms with van der Waals surface area (Å²) in [5.41, 5.74) is -1.09. The van der Waals surface area contributed by atoms with Crippen molar-refractivity contribution in [2.24, 2.45) is 5.41 Å². The lowest BCUT2D eigenvalue weighted by molar-refractivity contribution is -0.133. The van der Waals surface area contributed by atoms with Crippen molar-refractivity contribution in [3.63, 3.8) is 0 Å². The fourth-order valence-corrected chi connectivity index (χ4v) is 2.23. The molecule has 0 bridgehead atoms. The van der Waals surface area contributed by atoms with Gasteiger partial charge in [-0.05, 0) is 30.7 Å². The average molecular weight is 276 g/mol. The number of hydrogen-bond acceptors (Lipinski definition) is 4. The number of halogens is 1. The van der Waals surface area contributed by atoms with E-state index in [1.807, 2.05) is 6.07 Å². The number of hydrogen-bond donors (Lipinski definition) is 0. The fourth-order valence-electron chi connectivity index (χ4n) is 2.23. The van der Waals surface area contributed by atoms with E-state index < -0.39 is 23.0 Å². The van der Waals surface area contributed by atoms with Gasteiger partial charge in [0.05, 0.1) is 12.7 Å². The monoisotopic (exact) mass is 276 g/mol. The van der Waals surface area contributed by atoms with Crippen LogP contribution >= 0.6 is 0 Å². The van der Waals surface area contributed by atoms with Crippen LogP contribution in [0.25, 0.3) is 0 Å². The summed E-state index contributed by atoms with van der Waals surface area (Å²) in [4.78, 5) is 25.5. The minimum absolute atomic E-state index is 0.0461. The number of imide groups is 1. The maximum absolute atomic E-state index is 12.8. The predicted octanol–water partition coefficient (Wildman–Crippen LogP) is 1.35. The summed E-state index contributed by atoms with van der Waals surface area (Å²) in [6.45, 7) is 0.113. The normalized spacial score (nSPS) is 21.9. The fraction of sp³-hybridized carbons (Fsp3) is 0.357. The summed E-state index contributed by atoms with van der Waals surface area (Å²) in [6, 6.07) is 6.88. The molecule has 5 nitrogen and oxygen atoms in total. The Labute approximate surface area is 115 Å². The Morgan fingerprint density at radius 1 is 1.50 bits per heavy atom. The Kier molecular flexibility index (Phi) is 3.81. The number of carbonyl (C=O) groups is 2. The molecule has 0 N–H and O–H groups in total. The van der Waals surface area contributed by atoms with E-state index in [2.05, 4.69) is 0 Å². The smallest absolute Gasteiger partial charge is 0.260 e. The van der Waals surface area contributed by atoms with Crippen LogP contribution in [0, 0.1) is 22.6 Å². The number of methoxy groups -OCH3 is 1. The lowest BCUT2D eigenvalue weighted by Crippen LogP contribution is -2.39. The molecular weight excluding hydrogens is 263 g/mol. The third kappa shape index (κ3) is 2.28. The molecule has 1 heterocycles. The minimum Gasteiger partial charge on any atom is -0.382 e. The van der Waals surface area contributed by atoms with Crippen LogP contribution in [-0.2, 0) is 9.53 Å². The molecule has 1 unspecified atom stereocenters. The largest absolute Gasteiger partial charge is 0.382 e. The highest BCUT2D eigenvalue weighted by molar-refractivity contribution is 6.08. The molecule has 1 aliphatic rings. The van der Waals surface area contributed by atoms with Crippen LogP contribution < -0.4 is 0 Å². The number of amides is 2. The zero-order valence-electron chi connectivity index (χ0n) is 10.9. The summed E-state index contributed by atoms with van der Waals surface area (Å²) in [7, 11) is 1.40. The van der Waals surface area contributed by atoms with E-state index in [9.17, 15) is 19.2 Å². The molecular formula is C14H13FN2O3. The quantitative estimate of drug-likeness (QED) is 0.781. The summed E-state index contributed by atoms with van der Waals surface area (Å²) in [5.74, 6) is -1.54. The number of ether oxygens (including phenoxy) is 1. The Morgan fingerprint density at radius 3 is 2.70 bits per heavy atom. The lowest BCUT2D eigenvalue weighted by atomic mass is 9.89. The van der Waals surface area contributed by atoms with E-state index >= 15 is 0 Å². The van der Waals surface area contributed by atoms with Crippen LogP contribution in [-0.4, -0.2) is 37.0 Å². The van der Waals surface area contributed by atoms with Gasteiger partial charge in [-0.1, -0.05) is 0 Å². The van der Waals surface area contributed by atoms with E-state index in [0.29, 0.717) is 0 Å². The van der Waals surface area contributed by atoms with E-state index in [1.165, 1.54) is 19.2 Å². The summed E-state index contributed by atoms with van der Waals surface area (Å²) in [6.07, 6.45) is 0.239. The van der Waals surface area contributed by atoms with E-state index in [4.69, 9.17) is 4.74 Å². The molecule has 20 heavy (non-hydrogen) atoms. The van der Waals surface area contributed by atoms with Crippen molar-refractivity contribution in [3.8, 4) is 6.07 Å². The Morgan fingerprint density at radius 2 is 2.15 bits per heavy atom. The molecule has 1 atom stereocenters. The minimum atomic E-state index is -1.30. The molecule has 0 radical (unpaired) electrons. The maximum atomic E-state index is 12.8. The summed E-state index contributed by atoms with van der Waals surface area (Å²) in [5, 5.41) is 9.19. The molecule has 1 aromatic carbocycles. The highest BCUT2D eigenvalue weighted by Gasteiger charge is 2.49. The molecule has 2 rings (SSSR count). The zero-order valence-corrected chi connectivity index (χ0v) is 10.9. The van der Waals surface area contributed by atoms with Crippen molar-refractivity contribution in [1.29, 1.82) is 5.26 Å². The van der Waals surface area contributed by atoms with Gasteiger partial charge >= 0.3 is 0 Å². The first kappa shape index (κ1) is 14.2. The number of benzene rings is 1. The number of nitriles is 1. The summed E-state index contributed by atoms with van der Waals surface area (Å²) >= 11 is 0. The molecule has 104 valence electrons. The van der Waals surface area contributed by atoms with Gasteiger partial charge in [0, 0.05) is 19.2 Å². The molecule has 0 aromatic heterocycles. The van der Waals surface area contributed by atoms with Crippen LogP contribution in [0.2, 0.25) is 0 Å². The highest BCUT2D eigenvalue weighted by atomic mass is 19.1. The van der Waals surface area contributed by atoms with Gasteiger partial charge in [-0.2, -0.15) is 5.26 Å². The molecule has 2 amide bonds. The average Bonchev–Trinajstić information content (AvgIpc) is 2.77. The molecule has 1 fully saturated rings. The molecule has 0 saturated carbocycles. The third-order valence-electron chi connectivity index (χ3n) is 3.36. The van der Waals surface area contributed by atoms with Gasteiger partial charge in [0.2, 0.25) is 0 Å². The molecule has 6 heteroatoms. The van der Waals surface area contributed by atoms with Crippen LogP contribution in [0.4, 0.5) is 4.39 Å². The molecule has 1 saturated heterocycles. The van der Waals surface area contributed by atoms with Crippen molar-refractivity contribution < 1.29 is 18.7 Å². The first-order valence-electron chi connectivity index (χ1n) is 6.06. The standard InChI is InChI=1S/C14H13FN2O3/c1-20-9-14(8-16)6-7-17(13(14)19)12(18)10-2-4-11(15)5-3-10/h2-5H,6-7,9H2,1H3. The first-order valence-corrected chi connectivity index (χ1v) is 6.06. The Bertz CT molecular complexity index is 579. The lowest BCUT2D eigenvalue weighted by Gasteiger charge is -2.19. The van der Waals surface area contributed by atoms with Gasteiger partial charge in [-0.15, -0.1) is 0 Å². The third-order valence-corrected chi connectivity index (χ3v) is 3.36. The summed E-state index contributed by atoms with van der Waals surface area (Å²) < 4.78 is 17.7. The Balaban J connectivity index is 2.23. The van der Waals surface area contributed by atoms with Gasteiger partial charge in [-0.3, -0.25) is 14.5 Å². The van der Waals surface area contributed by atoms with Gasteiger partial charge < -0.3 is 4.74 Å². The van der Waals surface area contributed by atoms with Gasteiger partial charge in [0.1, 0.15) is 5.82 Å². The van der Waals surface area contributed by atoms with Gasteiger partial charge in [-0.25, -0.2) is 4.39 Å². The van der Waals surface area contributed by atoms with Crippen molar-refractivity contribution in [2.75, 3.05) is 20.3 Å². The topological polar surface area (TPSA) is 70.4 Å². The van der Waals surface area contributed by atoms with Crippen LogP contribution in [0.15, 0.2) is 24.3 Å². The second-order valence-corrected chi connectivity index (χ2v) is 4.65. The molecule has 1 aromatic rings. The van der Waals surface area contributed by atoms with E-state index in [-0.39, 0.29) is 25.1 Å². The van der Waals surface area contributed by atoms with Crippen molar-refractivity contribution in [1.82, 2.24) is 4.90 Å². The number of carbonyl (C=O) groups excluding carboxylic acids is 2. The zero-order chi connectivity index (χ0) is 14.8. The van der Waals surface area contributed by atoms with Crippen molar-refractivity contribution in [3.05, 3.63) is 35.6 Å². The van der Waals surface area contributed by atoms with Crippen LogP contribution in [0.5, 0.6) is 0 Å². The van der Waals surface area contributed by atoms with E-state index in [0.717, 1.165) is 17.0 Å². The number of likely N-dealkylation sites (tertiary alicyclic amines) is 1. The van der Waals surface area contributed by atoms with Crippen LogP contribution in [0.1, 0.15) is 16.8 Å². The molecule has 0 aliphatic carbocycles. The highest BCUT2D eigenvalue weighted by Crippen LogP contribution is 2.32. The maximum Gasteiger partial charge on any atom is 0.260 e. The predicted molar refractivity (Wildman–Crippen MR) is 67.0 cm³/mol. The van der Waals surface area contributed by atoms with Crippen LogP contribution in [0.3, 0.4) is 0 Å². The van der Waals surface area contributed by atoms with Crippen molar-refractivity contribution >= 4 is 11.8 Å². The van der Waals surface area contributed by atoms with Gasteiger partial charge in [0.15, 0.2) is 5.41 Å². The first-order chi connectivity index (χ1) is 9.54. The number of rotatable bonds is 3. The Hall–Kier alpha value is -2.26. The second-order valence-electron chi connectivity index (χ2n) is 4.65. The molecule has 0 spiro atoms. The second kappa shape index (κ2) is 5.39. The molecule has 1 aliphatic heterocycles. The van der Waals surface area contributed by atoms with Gasteiger partial charge in [0.25, 0.3) is 11.8 Å². The van der Waals surface area contributed by atoms with E-state index in [1.54, 1.807) is 0 Å². The number of nitrogens with zero attached hydrogens (tertiary/aromatic N) is 2. The van der Waals surface area contributed by atoms with Crippen molar-refractivity contribution in [2.45, 2.75) is 6.42 Å².